The molecule has 1 aromatic carbocycles. The van der Waals surface area contributed by atoms with E-state index in [0.717, 1.165) is 17.7 Å². The molecule has 2 aromatic rings. The summed E-state index contributed by atoms with van der Waals surface area (Å²) < 4.78 is 5.39. The van der Waals surface area contributed by atoms with Gasteiger partial charge in [-0.25, -0.2) is 9.78 Å². The molecule has 0 aliphatic carbocycles. The molecule has 2 atom stereocenters. The summed E-state index contributed by atoms with van der Waals surface area (Å²) in [6.45, 7) is 0.732. The van der Waals surface area contributed by atoms with E-state index in [9.17, 15) is 9.59 Å². The Kier molecular flexibility index (Phi) is 9.28. The average Bonchev–Trinajstić information content (AvgIpc) is 3.31. The zero-order valence-electron chi connectivity index (χ0n) is 14.7. The summed E-state index contributed by atoms with van der Waals surface area (Å²) in [4.78, 5) is 33.5. The summed E-state index contributed by atoms with van der Waals surface area (Å²) in [5.74, 6) is -0.608. The Morgan fingerprint density at radius 3 is 2.70 bits per heavy atom. The van der Waals surface area contributed by atoms with Crippen molar-refractivity contribution < 1.29 is 14.3 Å². The normalized spacial score (nSPS) is 16.8. The van der Waals surface area contributed by atoms with Crippen LogP contribution >= 0.6 is 24.8 Å². The summed E-state index contributed by atoms with van der Waals surface area (Å²) in [6, 6.07) is 8.21. The van der Waals surface area contributed by atoms with Crippen LogP contribution in [0.15, 0.2) is 42.9 Å². The van der Waals surface area contributed by atoms with E-state index in [1.165, 1.54) is 0 Å². The zero-order valence-corrected chi connectivity index (χ0v) is 16.4. The van der Waals surface area contributed by atoms with E-state index < -0.39 is 12.1 Å². The zero-order chi connectivity index (χ0) is 17.6. The number of nitrogens with zero attached hydrogens (tertiary/aromatic N) is 2. The molecular formula is C18H24Cl2N4O3. The first-order valence-electron chi connectivity index (χ1n) is 8.39. The van der Waals surface area contributed by atoms with Crippen LogP contribution in [0.1, 0.15) is 24.1 Å². The number of esters is 1. The van der Waals surface area contributed by atoms with Crippen LogP contribution in [0.3, 0.4) is 0 Å². The van der Waals surface area contributed by atoms with Crippen molar-refractivity contribution >= 4 is 36.7 Å². The number of carbonyl (C=O) groups excluding carboxylic acids is 2. The lowest BCUT2D eigenvalue weighted by Gasteiger charge is -2.26. The number of aromatic nitrogens is 2. The van der Waals surface area contributed by atoms with Gasteiger partial charge >= 0.3 is 5.97 Å². The van der Waals surface area contributed by atoms with Crippen molar-refractivity contribution in [1.82, 2.24) is 14.9 Å². The number of hydrogen-bond acceptors (Lipinski definition) is 5. The second-order valence-corrected chi connectivity index (χ2v) is 6.15. The van der Waals surface area contributed by atoms with Gasteiger partial charge in [0.25, 0.3) is 0 Å². The van der Waals surface area contributed by atoms with Crippen molar-refractivity contribution in [3.8, 4) is 0 Å². The van der Waals surface area contributed by atoms with Crippen LogP contribution in [0.25, 0.3) is 0 Å². The molecule has 0 bridgehead atoms. The van der Waals surface area contributed by atoms with Gasteiger partial charge in [-0.3, -0.25) is 4.79 Å². The molecule has 1 saturated heterocycles. The van der Waals surface area contributed by atoms with Crippen LogP contribution in [0.5, 0.6) is 0 Å². The summed E-state index contributed by atoms with van der Waals surface area (Å²) in [5, 5.41) is 0. The Hall–Kier alpha value is -2.09. The number of imidazole rings is 1. The van der Waals surface area contributed by atoms with Gasteiger partial charge in [-0.2, -0.15) is 0 Å². The fourth-order valence-electron chi connectivity index (χ4n) is 3.03. The number of H-pyrrole nitrogens is 1. The number of ether oxygens (including phenoxy) is 1. The van der Waals surface area contributed by atoms with Crippen molar-refractivity contribution in [2.75, 3.05) is 6.54 Å². The van der Waals surface area contributed by atoms with Crippen LogP contribution < -0.4 is 5.73 Å². The second kappa shape index (κ2) is 10.9. The Balaban J connectivity index is 0.00000182. The highest BCUT2D eigenvalue weighted by molar-refractivity contribution is 5.88. The number of nitrogens with one attached hydrogen (secondary N) is 1. The number of amides is 1. The van der Waals surface area contributed by atoms with Gasteiger partial charge in [-0.1, -0.05) is 30.3 Å². The van der Waals surface area contributed by atoms with Crippen molar-refractivity contribution in [2.24, 2.45) is 5.73 Å². The fraction of sp³-hybridized carbons (Fsp3) is 0.389. The van der Waals surface area contributed by atoms with E-state index >= 15 is 0 Å². The molecule has 0 spiro atoms. The van der Waals surface area contributed by atoms with Crippen LogP contribution in [-0.2, 0) is 27.4 Å². The number of likely N-dealkylation sites (tertiary alicyclic amines) is 1. The minimum absolute atomic E-state index is 0. The number of rotatable bonds is 6. The van der Waals surface area contributed by atoms with E-state index in [-0.39, 0.29) is 43.3 Å². The minimum Gasteiger partial charge on any atom is -0.459 e. The lowest BCUT2D eigenvalue weighted by Crippen LogP contribution is -2.49. The van der Waals surface area contributed by atoms with Crippen LogP contribution in [0, 0.1) is 0 Å². The van der Waals surface area contributed by atoms with Crippen molar-refractivity contribution in [3.63, 3.8) is 0 Å². The molecule has 148 valence electrons. The first kappa shape index (κ1) is 23.0. The predicted octanol–water partition coefficient (Wildman–Crippen LogP) is 1.86. The molecule has 0 unspecified atom stereocenters. The van der Waals surface area contributed by atoms with E-state index in [1.54, 1.807) is 17.4 Å². The van der Waals surface area contributed by atoms with E-state index in [4.69, 9.17) is 10.5 Å². The molecule has 27 heavy (non-hydrogen) atoms. The van der Waals surface area contributed by atoms with Crippen molar-refractivity contribution in [2.45, 2.75) is 38.0 Å². The van der Waals surface area contributed by atoms with Gasteiger partial charge in [0.2, 0.25) is 5.91 Å². The summed E-state index contributed by atoms with van der Waals surface area (Å²) in [7, 11) is 0. The highest BCUT2D eigenvalue weighted by Gasteiger charge is 2.37. The molecule has 7 nitrogen and oxygen atoms in total. The summed E-state index contributed by atoms with van der Waals surface area (Å²) >= 11 is 0. The maximum atomic E-state index is 12.6. The van der Waals surface area contributed by atoms with Gasteiger partial charge in [0.1, 0.15) is 12.6 Å². The van der Waals surface area contributed by atoms with Crippen molar-refractivity contribution in [1.29, 1.82) is 0 Å². The molecule has 1 aliphatic heterocycles. The van der Waals surface area contributed by atoms with Gasteiger partial charge in [0.05, 0.1) is 18.1 Å². The lowest BCUT2D eigenvalue weighted by molar-refractivity contribution is -0.154. The number of carbonyl (C=O) groups is 2. The highest BCUT2D eigenvalue weighted by Crippen LogP contribution is 2.20. The minimum atomic E-state index is -0.717. The number of hydrogen-bond donors (Lipinski definition) is 2. The molecule has 2 heterocycles. The van der Waals surface area contributed by atoms with Crippen molar-refractivity contribution in [3.05, 3.63) is 54.1 Å². The monoisotopic (exact) mass is 414 g/mol. The Morgan fingerprint density at radius 2 is 2.04 bits per heavy atom. The van der Waals surface area contributed by atoms with Gasteiger partial charge in [-0.15, -0.1) is 24.8 Å². The average molecular weight is 415 g/mol. The number of aromatic amines is 1. The fourth-order valence-corrected chi connectivity index (χ4v) is 3.03. The maximum absolute atomic E-state index is 12.6. The molecule has 1 amide bonds. The first-order chi connectivity index (χ1) is 12.1. The van der Waals surface area contributed by atoms with E-state index in [2.05, 4.69) is 9.97 Å². The molecule has 1 fully saturated rings. The van der Waals surface area contributed by atoms with Crippen LogP contribution in [-0.4, -0.2) is 45.4 Å². The van der Waals surface area contributed by atoms with Crippen LogP contribution in [0.4, 0.5) is 0 Å². The van der Waals surface area contributed by atoms with E-state index in [1.807, 2.05) is 30.3 Å². The quantitative estimate of drug-likeness (QED) is 0.702. The number of benzene rings is 1. The van der Waals surface area contributed by atoms with Gasteiger partial charge < -0.3 is 20.4 Å². The summed E-state index contributed by atoms with van der Waals surface area (Å²) in [6.07, 6.45) is 4.97. The molecular weight excluding hydrogens is 391 g/mol. The molecule has 9 heteroatoms. The Morgan fingerprint density at radius 1 is 1.30 bits per heavy atom. The third-order valence-electron chi connectivity index (χ3n) is 4.33. The SMILES string of the molecule is Cl.Cl.N[C@@H](Cc1c[nH]cn1)C(=O)N1CCC[C@H]1C(=O)OCc1ccccc1. The lowest BCUT2D eigenvalue weighted by atomic mass is 10.1. The van der Waals surface area contributed by atoms with Gasteiger partial charge in [0.15, 0.2) is 0 Å². The third kappa shape index (κ3) is 5.95. The summed E-state index contributed by atoms with van der Waals surface area (Å²) in [5.41, 5.74) is 7.66. The highest BCUT2D eigenvalue weighted by atomic mass is 35.5. The topological polar surface area (TPSA) is 101 Å². The molecule has 3 N–H and O–H groups in total. The standard InChI is InChI=1S/C18H22N4O3.2ClH/c19-15(9-14-10-20-12-21-14)17(23)22-8-4-7-16(22)18(24)25-11-13-5-2-1-3-6-13;;/h1-3,5-6,10,12,15-16H,4,7-9,11,19H2,(H,20,21);2*1H/t15-,16-;;/m0../s1. The molecule has 0 saturated carbocycles. The molecule has 0 radical (unpaired) electrons. The van der Waals surface area contributed by atoms with E-state index in [0.29, 0.717) is 19.4 Å². The predicted molar refractivity (Wildman–Crippen MR) is 106 cm³/mol. The smallest absolute Gasteiger partial charge is 0.329 e. The Bertz CT molecular complexity index is 713. The largest absolute Gasteiger partial charge is 0.459 e. The third-order valence-corrected chi connectivity index (χ3v) is 4.33. The maximum Gasteiger partial charge on any atom is 0.329 e. The molecule has 3 rings (SSSR count). The first-order valence-corrected chi connectivity index (χ1v) is 8.39. The number of halogens is 2. The van der Waals surface area contributed by atoms with Gasteiger partial charge in [0, 0.05) is 19.2 Å². The Labute approximate surface area is 170 Å². The second-order valence-electron chi connectivity index (χ2n) is 6.15. The molecule has 1 aliphatic rings. The number of nitrogens with two attached hydrogens (primary N) is 1. The molecule has 1 aromatic heterocycles. The van der Waals surface area contributed by atoms with Crippen LogP contribution in [0.2, 0.25) is 0 Å². The van der Waals surface area contributed by atoms with Gasteiger partial charge in [-0.05, 0) is 18.4 Å².